The minimum atomic E-state index is -0.140. The van der Waals surface area contributed by atoms with Crippen molar-refractivity contribution in [1.29, 1.82) is 0 Å². The summed E-state index contributed by atoms with van der Waals surface area (Å²) < 4.78 is 5.35. The van der Waals surface area contributed by atoms with E-state index < -0.39 is 0 Å². The topological polar surface area (TPSA) is 38.3 Å². The van der Waals surface area contributed by atoms with Crippen LogP contribution in [0.15, 0.2) is 42.5 Å². The van der Waals surface area contributed by atoms with Gasteiger partial charge in [0.15, 0.2) is 6.61 Å². The molecule has 0 radical (unpaired) electrons. The lowest BCUT2D eigenvalue weighted by molar-refractivity contribution is -0.118. The third-order valence-corrected chi connectivity index (χ3v) is 4.47. The monoisotopic (exact) mass is 351 g/mol. The quantitative estimate of drug-likeness (QED) is 0.824. The normalized spacial score (nSPS) is 15.0. The van der Waals surface area contributed by atoms with Crippen molar-refractivity contribution in [3.63, 3.8) is 0 Å². The summed E-state index contributed by atoms with van der Waals surface area (Å²) in [5, 5.41) is 3.50. The third kappa shape index (κ3) is 2.53. The fraction of sp³-hybridized carbons (Fsp3) is 0.133. The van der Waals surface area contributed by atoms with Crippen LogP contribution in [0.1, 0.15) is 16.0 Å². The molecule has 0 aromatic heterocycles. The number of hydrogen-bond donors (Lipinski definition) is 1. The highest BCUT2D eigenvalue weighted by molar-refractivity contribution is 9.09. The van der Waals surface area contributed by atoms with Crippen molar-refractivity contribution in [2.24, 2.45) is 0 Å². The number of rotatable bonds is 2. The minimum Gasteiger partial charge on any atom is -0.482 e. The van der Waals surface area contributed by atoms with Gasteiger partial charge < -0.3 is 10.1 Å². The predicted octanol–water partition coefficient (Wildman–Crippen LogP) is 4.16. The molecule has 2 aromatic carbocycles. The van der Waals surface area contributed by atoms with Crippen molar-refractivity contribution < 1.29 is 9.53 Å². The highest BCUT2D eigenvalue weighted by Gasteiger charge is 2.19. The number of amides is 1. The van der Waals surface area contributed by atoms with Crippen LogP contribution in [-0.2, 0) is 4.79 Å². The SMILES string of the molecule is O=C1COc2ccc(C(Br)c3ccccc3Cl)cc2N1. The smallest absolute Gasteiger partial charge is 0.262 e. The van der Waals surface area contributed by atoms with E-state index in [2.05, 4.69) is 21.2 Å². The number of halogens is 2. The number of benzene rings is 2. The van der Waals surface area contributed by atoms with Crippen molar-refractivity contribution in [3.8, 4) is 5.75 Å². The average molecular weight is 353 g/mol. The van der Waals surface area contributed by atoms with Crippen molar-refractivity contribution >= 4 is 39.1 Å². The molecule has 0 aliphatic carbocycles. The molecule has 1 atom stereocenters. The van der Waals surface area contributed by atoms with Gasteiger partial charge in [-0.25, -0.2) is 0 Å². The lowest BCUT2D eigenvalue weighted by atomic mass is 10.0. The van der Waals surface area contributed by atoms with Crippen LogP contribution in [0, 0.1) is 0 Å². The highest BCUT2D eigenvalue weighted by atomic mass is 79.9. The van der Waals surface area contributed by atoms with Crippen LogP contribution in [0.4, 0.5) is 5.69 Å². The minimum absolute atomic E-state index is 0.0414. The molecule has 0 saturated carbocycles. The van der Waals surface area contributed by atoms with E-state index in [1.807, 2.05) is 42.5 Å². The molecule has 0 saturated heterocycles. The van der Waals surface area contributed by atoms with Crippen LogP contribution in [0.5, 0.6) is 5.75 Å². The number of nitrogens with one attached hydrogen (secondary N) is 1. The van der Waals surface area contributed by atoms with E-state index in [0.29, 0.717) is 16.5 Å². The number of carbonyl (C=O) groups excluding carboxylic acids is 1. The number of hydrogen-bond acceptors (Lipinski definition) is 2. The Hall–Kier alpha value is -1.52. The molecule has 102 valence electrons. The first-order valence-corrected chi connectivity index (χ1v) is 7.39. The van der Waals surface area contributed by atoms with E-state index in [0.717, 1.165) is 11.1 Å². The van der Waals surface area contributed by atoms with Gasteiger partial charge in [-0.05, 0) is 29.3 Å². The zero-order valence-electron chi connectivity index (χ0n) is 10.4. The Kier molecular flexibility index (Phi) is 3.68. The molecule has 2 aromatic rings. The lowest BCUT2D eigenvalue weighted by Crippen LogP contribution is -2.25. The molecule has 1 unspecified atom stereocenters. The van der Waals surface area contributed by atoms with Gasteiger partial charge in [0.25, 0.3) is 5.91 Å². The predicted molar refractivity (Wildman–Crippen MR) is 82.8 cm³/mol. The molecule has 1 N–H and O–H groups in total. The van der Waals surface area contributed by atoms with Crippen molar-refractivity contribution in [3.05, 3.63) is 58.6 Å². The molecule has 5 heteroatoms. The summed E-state index contributed by atoms with van der Waals surface area (Å²) in [5.74, 6) is 0.547. The van der Waals surface area contributed by atoms with Crippen molar-refractivity contribution in [2.75, 3.05) is 11.9 Å². The fourth-order valence-corrected chi connectivity index (χ4v) is 3.18. The second-order valence-electron chi connectivity index (χ2n) is 4.48. The van der Waals surface area contributed by atoms with E-state index in [4.69, 9.17) is 16.3 Å². The van der Waals surface area contributed by atoms with Gasteiger partial charge in [-0.3, -0.25) is 4.79 Å². The summed E-state index contributed by atoms with van der Waals surface area (Å²) in [6.07, 6.45) is 0. The van der Waals surface area contributed by atoms with Gasteiger partial charge in [-0.1, -0.05) is 51.8 Å². The van der Waals surface area contributed by atoms with E-state index in [-0.39, 0.29) is 17.3 Å². The molecular weight excluding hydrogens is 342 g/mol. The first-order valence-electron chi connectivity index (χ1n) is 6.10. The molecule has 20 heavy (non-hydrogen) atoms. The van der Waals surface area contributed by atoms with Crippen LogP contribution >= 0.6 is 27.5 Å². The molecule has 3 rings (SSSR count). The van der Waals surface area contributed by atoms with E-state index in [9.17, 15) is 4.79 Å². The molecular formula is C15H11BrClNO2. The number of carbonyl (C=O) groups is 1. The molecule has 1 aliphatic rings. The van der Waals surface area contributed by atoms with Crippen LogP contribution < -0.4 is 10.1 Å². The third-order valence-electron chi connectivity index (χ3n) is 3.11. The summed E-state index contributed by atoms with van der Waals surface area (Å²) in [4.78, 5) is 11.3. The molecule has 1 amide bonds. The Labute approximate surface area is 130 Å². The summed E-state index contributed by atoms with van der Waals surface area (Å²) in [6, 6.07) is 13.4. The zero-order chi connectivity index (χ0) is 14.1. The first kappa shape index (κ1) is 13.5. The van der Waals surface area contributed by atoms with Crippen molar-refractivity contribution in [2.45, 2.75) is 4.83 Å². The summed E-state index contributed by atoms with van der Waals surface area (Å²) in [6.45, 7) is 0.0641. The van der Waals surface area contributed by atoms with Gasteiger partial charge in [0.05, 0.1) is 10.5 Å². The fourth-order valence-electron chi connectivity index (χ4n) is 2.12. The molecule has 3 nitrogen and oxygen atoms in total. The van der Waals surface area contributed by atoms with Gasteiger partial charge in [0.1, 0.15) is 5.75 Å². The van der Waals surface area contributed by atoms with Crippen LogP contribution in [-0.4, -0.2) is 12.5 Å². The van der Waals surface area contributed by atoms with Gasteiger partial charge >= 0.3 is 0 Å². The van der Waals surface area contributed by atoms with Crippen LogP contribution in [0.25, 0.3) is 0 Å². The molecule has 1 heterocycles. The maximum absolute atomic E-state index is 11.4. The summed E-state index contributed by atoms with van der Waals surface area (Å²) in [5.41, 5.74) is 2.68. The van der Waals surface area contributed by atoms with E-state index >= 15 is 0 Å². The number of fused-ring (bicyclic) bond motifs is 1. The molecule has 0 spiro atoms. The second-order valence-corrected chi connectivity index (χ2v) is 5.80. The van der Waals surface area contributed by atoms with Crippen LogP contribution in [0.2, 0.25) is 5.02 Å². The van der Waals surface area contributed by atoms with E-state index in [1.54, 1.807) is 0 Å². The maximum atomic E-state index is 11.4. The number of ether oxygens (including phenoxy) is 1. The lowest BCUT2D eigenvalue weighted by Gasteiger charge is -2.20. The van der Waals surface area contributed by atoms with Gasteiger partial charge in [-0.2, -0.15) is 0 Å². The standard InChI is InChI=1S/C15H11BrClNO2/c16-15(10-3-1-2-4-11(10)17)9-5-6-13-12(7-9)18-14(19)8-20-13/h1-7,15H,8H2,(H,18,19). The Bertz CT molecular complexity index is 675. The number of anilines is 1. The summed E-state index contributed by atoms with van der Waals surface area (Å²) >= 11 is 9.86. The first-order chi connectivity index (χ1) is 9.65. The Morgan fingerprint density at radius 1 is 1.25 bits per heavy atom. The Morgan fingerprint density at radius 2 is 2.05 bits per heavy atom. The largest absolute Gasteiger partial charge is 0.482 e. The molecule has 0 bridgehead atoms. The zero-order valence-corrected chi connectivity index (χ0v) is 12.7. The van der Waals surface area contributed by atoms with E-state index in [1.165, 1.54) is 0 Å². The van der Waals surface area contributed by atoms with Gasteiger partial charge in [0, 0.05) is 5.02 Å². The number of alkyl halides is 1. The summed E-state index contributed by atoms with van der Waals surface area (Å²) in [7, 11) is 0. The Balaban J connectivity index is 1.97. The molecule has 1 aliphatic heterocycles. The Morgan fingerprint density at radius 3 is 2.85 bits per heavy atom. The highest BCUT2D eigenvalue weighted by Crippen LogP contribution is 2.38. The maximum Gasteiger partial charge on any atom is 0.262 e. The average Bonchev–Trinajstić information content (AvgIpc) is 2.46. The van der Waals surface area contributed by atoms with Crippen LogP contribution in [0.3, 0.4) is 0 Å². The van der Waals surface area contributed by atoms with Gasteiger partial charge in [-0.15, -0.1) is 0 Å². The van der Waals surface area contributed by atoms with Gasteiger partial charge in [0.2, 0.25) is 0 Å². The van der Waals surface area contributed by atoms with Crippen molar-refractivity contribution in [1.82, 2.24) is 0 Å². The second kappa shape index (κ2) is 5.46. The molecule has 0 fully saturated rings.